The van der Waals surface area contributed by atoms with Crippen LogP contribution in [-0.4, -0.2) is 15.0 Å². The minimum Gasteiger partial charge on any atom is -0.256 e. The Morgan fingerprint density at radius 3 is 1.32 bits per heavy atom. The van der Waals surface area contributed by atoms with Crippen molar-refractivity contribution >= 4 is 0 Å². The van der Waals surface area contributed by atoms with E-state index in [0.29, 0.717) is 0 Å². The summed E-state index contributed by atoms with van der Waals surface area (Å²) in [5, 5.41) is 0. The van der Waals surface area contributed by atoms with E-state index in [1.807, 2.05) is 42.9 Å². The first-order valence-corrected chi connectivity index (χ1v) is 25.0. The molecule has 0 N–H and O–H groups in total. The van der Waals surface area contributed by atoms with Crippen molar-refractivity contribution in [1.29, 1.82) is 0 Å². The van der Waals surface area contributed by atoms with Crippen molar-refractivity contribution < 1.29 is 0 Å². The number of pyridine rings is 3. The second-order valence-corrected chi connectivity index (χ2v) is 18.9. The second-order valence-electron chi connectivity index (χ2n) is 18.9. The molecule has 72 heavy (non-hydrogen) atoms. The minimum atomic E-state index is 0.923. The number of nitrogens with zero attached hydrogens (tertiary/aromatic N) is 3. The summed E-state index contributed by atoms with van der Waals surface area (Å²) in [6.45, 7) is 4.33. The summed E-state index contributed by atoms with van der Waals surface area (Å²) in [6.07, 6.45) is 9.37. The van der Waals surface area contributed by atoms with Gasteiger partial charge in [-0.2, -0.15) is 0 Å². The fourth-order valence-electron chi connectivity index (χ4n) is 10.1. The van der Waals surface area contributed by atoms with Gasteiger partial charge in [0.2, 0.25) is 0 Å². The largest absolute Gasteiger partial charge is 0.256 e. The monoisotopic (exact) mass is 925 g/mol. The van der Waals surface area contributed by atoms with Crippen molar-refractivity contribution in [1.82, 2.24) is 15.0 Å². The Balaban J connectivity index is 0.973. The van der Waals surface area contributed by atoms with Gasteiger partial charge in [-0.25, -0.2) is 0 Å². The molecule has 3 aromatic heterocycles. The van der Waals surface area contributed by atoms with E-state index in [1.54, 1.807) is 0 Å². The Hall–Kier alpha value is -8.79. The molecule has 0 aliphatic heterocycles. The maximum atomic E-state index is 4.96. The molecular weight excluding hydrogens is 871 g/mol. The van der Waals surface area contributed by atoms with Crippen molar-refractivity contribution in [3.8, 4) is 89.4 Å². The second kappa shape index (κ2) is 21.1. The zero-order valence-electron chi connectivity index (χ0n) is 40.8. The van der Waals surface area contributed by atoms with Gasteiger partial charge in [0.05, 0.1) is 17.1 Å². The number of aromatic nitrogens is 3. The number of hydrogen-bond donors (Lipinski definition) is 0. The average Bonchev–Trinajstić information content (AvgIpc) is 3.44. The van der Waals surface area contributed by atoms with Crippen LogP contribution in [0.4, 0.5) is 0 Å². The van der Waals surface area contributed by atoms with Gasteiger partial charge in [0.1, 0.15) is 0 Å². The van der Waals surface area contributed by atoms with Gasteiger partial charge in [-0.15, -0.1) is 0 Å². The van der Waals surface area contributed by atoms with Crippen molar-refractivity contribution in [2.45, 2.75) is 39.5 Å². The molecule has 0 bridgehead atoms. The third-order valence-electron chi connectivity index (χ3n) is 13.7. The predicted octanol–water partition coefficient (Wildman–Crippen LogP) is 17.4. The first kappa shape index (κ1) is 45.6. The number of aryl methyl sites for hydroxylation is 6. The van der Waals surface area contributed by atoms with E-state index in [-0.39, 0.29) is 0 Å². The summed E-state index contributed by atoms with van der Waals surface area (Å²) in [5.41, 5.74) is 26.0. The zero-order chi connectivity index (χ0) is 48.6. The first-order chi connectivity index (χ1) is 35.5. The smallest absolute Gasteiger partial charge is 0.0708 e. The summed E-state index contributed by atoms with van der Waals surface area (Å²) in [5.74, 6) is 0. The molecule has 346 valence electrons. The van der Waals surface area contributed by atoms with Gasteiger partial charge in [0.15, 0.2) is 0 Å². The van der Waals surface area contributed by atoms with Crippen LogP contribution < -0.4 is 0 Å². The molecule has 0 unspecified atom stereocenters. The summed E-state index contributed by atoms with van der Waals surface area (Å²) in [4.78, 5) is 14.1. The third-order valence-corrected chi connectivity index (χ3v) is 13.7. The maximum Gasteiger partial charge on any atom is 0.0708 e. The molecule has 0 saturated heterocycles. The molecule has 0 aliphatic carbocycles. The van der Waals surface area contributed by atoms with Crippen molar-refractivity contribution in [2.24, 2.45) is 0 Å². The van der Waals surface area contributed by atoms with E-state index in [2.05, 4.69) is 230 Å². The quantitative estimate of drug-likeness (QED) is 0.109. The molecule has 0 atom stereocenters. The van der Waals surface area contributed by atoms with Crippen LogP contribution in [0.5, 0.6) is 0 Å². The lowest BCUT2D eigenvalue weighted by Crippen LogP contribution is -1.98. The molecule has 3 heterocycles. The lowest BCUT2D eigenvalue weighted by Gasteiger charge is -2.18. The Morgan fingerprint density at radius 1 is 0.236 bits per heavy atom. The topological polar surface area (TPSA) is 38.7 Å². The highest BCUT2D eigenvalue weighted by Crippen LogP contribution is 2.42. The third kappa shape index (κ3) is 10.5. The Morgan fingerprint density at radius 2 is 0.722 bits per heavy atom. The van der Waals surface area contributed by atoms with Crippen molar-refractivity contribution in [2.75, 3.05) is 0 Å². The van der Waals surface area contributed by atoms with Crippen LogP contribution in [0, 0.1) is 13.8 Å². The first-order valence-electron chi connectivity index (χ1n) is 25.0. The number of hydrogen-bond acceptors (Lipinski definition) is 3. The zero-order valence-corrected chi connectivity index (χ0v) is 40.8. The molecular formula is C69H55N3. The van der Waals surface area contributed by atoms with E-state index >= 15 is 0 Å². The van der Waals surface area contributed by atoms with Crippen LogP contribution in [0.1, 0.15) is 33.4 Å². The molecule has 11 rings (SSSR count). The summed E-state index contributed by atoms with van der Waals surface area (Å²) >= 11 is 0. The SMILES string of the molecule is Cc1cc(C)cc(-c2ccnc(-c3ccc(-c4ccccc4-c4cc(CCc5ccc(-c6ccccn6)cc5)cc(CCc5ccc(-c6ccccn6)cc5)c4)c(-c4ccc(-c5ccccc5)cc4)c3)c2)c1. The van der Waals surface area contributed by atoms with Crippen LogP contribution in [0.3, 0.4) is 0 Å². The van der Waals surface area contributed by atoms with Crippen LogP contribution in [-0.2, 0) is 25.7 Å². The van der Waals surface area contributed by atoms with Gasteiger partial charge in [-0.05, 0) is 160 Å². The predicted molar refractivity (Wildman–Crippen MR) is 300 cm³/mol. The van der Waals surface area contributed by atoms with Gasteiger partial charge in [-0.1, -0.05) is 199 Å². The van der Waals surface area contributed by atoms with Gasteiger partial charge >= 0.3 is 0 Å². The van der Waals surface area contributed by atoms with Crippen LogP contribution >= 0.6 is 0 Å². The van der Waals surface area contributed by atoms with Crippen LogP contribution in [0.2, 0.25) is 0 Å². The summed E-state index contributed by atoms with van der Waals surface area (Å²) in [6, 6.07) is 83.9. The maximum absolute atomic E-state index is 4.96. The van der Waals surface area contributed by atoms with E-state index in [1.165, 1.54) is 72.3 Å². The molecule has 3 nitrogen and oxygen atoms in total. The molecule has 3 heteroatoms. The number of rotatable bonds is 14. The van der Waals surface area contributed by atoms with Gasteiger partial charge in [0, 0.05) is 35.3 Å². The lowest BCUT2D eigenvalue weighted by molar-refractivity contribution is 0.931. The van der Waals surface area contributed by atoms with Gasteiger partial charge in [0.25, 0.3) is 0 Å². The molecule has 0 saturated carbocycles. The van der Waals surface area contributed by atoms with E-state index < -0.39 is 0 Å². The van der Waals surface area contributed by atoms with Gasteiger partial charge in [-0.3, -0.25) is 15.0 Å². The molecule has 0 amide bonds. The Labute approximate surface area is 424 Å². The minimum absolute atomic E-state index is 0.923. The summed E-state index contributed by atoms with van der Waals surface area (Å²) in [7, 11) is 0. The lowest BCUT2D eigenvalue weighted by atomic mass is 9.86. The Bertz CT molecular complexity index is 3480. The highest BCUT2D eigenvalue weighted by molar-refractivity contribution is 5.94. The molecule has 0 spiro atoms. The molecule has 8 aromatic carbocycles. The fourth-order valence-corrected chi connectivity index (χ4v) is 10.1. The molecule has 0 aliphatic rings. The van der Waals surface area contributed by atoms with Crippen LogP contribution in [0.25, 0.3) is 89.4 Å². The van der Waals surface area contributed by atoms with E-state index in [4.69, 9.17) is 4.98 Å². The molecule has 0 radical (unpaired) electrons. The summed E-state index contributed by atoms with van der Waals surface area (Å²) < 4.78 is 0. The fraction of sp³-hybridized carbons (Fsp3) is 0.0870. The standard InChI is InChI=1S/C69H55N3/c1-48-40-49(2)42-61(41-48)59-36-39-72-69(47-59)60-34-35-65(66(46-60)56-32-30-55(31-33-56)54-12-4-3-5-13-54)64-15-7-6-14-63(64)62-44-52(20-18-50-22-26-57(27-23-50)67-16-8-10-37-70-67)43-53(45-62)21-19-51-24-28-58(29-25-51)68-17-9-11-38-71-68/h3-17,22-47H,18-21H2,1-2H3. The highest BCUT2D eigenvalue weighted by atomic mass is 14.7. The Kier molecular flexibility index (Phi) is 13.3. The van der Waals surface area contributed by atoms with Crippen molar-refractivity contribution in [3.05, 3.63) is 282 Å². The van der Waals surface area contributed by atoms with E-state index in [0.717, 1.165) is 76.1 Å². The van der Waals surface area contributed by atoms with E-state index in [9.17, 15) is 0 Å². The van der Waals surface area contributed by atoms with Crippen LogP contribution in [0.15, 0.2) is 249 Å². The highest BCUT2D eigenvalue weighted by Gasteiger charge is 2.17. The number of benzene rings is 8. The van der Waals surface area contributed by atoms with Gasteiger partial charge < -0.3 is 0 Å². The average molecular weight is 926 g/mol. The van der Waals surface area contributed by atoms with Crippen molar-refractivity contribution in [3.63, 3.8) is 0 Å². The molecule has 0 fully saturated rings. The molecule has 11 aromatic rings. The normalized spacial score (nSPS) is 11.1.